The number of rotatable bonds is 6. The van der Waals surface area contributed by atoms with Crippen molar-refractivity contribution < 1.29 is 14.4 Å². The van der Waals surface area contributed by atoms with Crippen molar-refractivity contribution in [3.63, 3.8) is 0 Å². The van der Waals surface area contributed by atoms with Crippen LogP contribution < -0.4 is 5.32 Å². The molecule has 158 valence electrons. The number of nitrogens with zero attached hydrogens (tertiary/aromatic N) is 2. The monoisotopic (exact) mass is 463 g/mol. The molecule has 2 aliphatic heterocycles. The number of halogens is 1. The molecule has 1 aromatic rings. The SMILES string of the molecule is CC1CC(C)CN(C(C)(C)CNC(=O)CCN2C(=O)c3ccc(Br)cc3C2=O)C1. The lowest BCUT2D eigenvalue weighted by Crippen LogP contribution is -2.56. The van der Waals surface area contributed by atoms with Crippen molar-refractivity contribution in [2.24, 2.45) is 11.8 Å². The van der Waals surface area contributed by atoms with Gasteiger partial charge in [0.05, 0.1) is 11.1 Å². The highest BCUT2D eigenvalue weighted by Gasteiger charge is 2.36. The molecule has 6 nitrogen and oxygen atoms in total. The van der Waals surface area contributed by atoms with E-state index in [2.05, 4.69) is 53.8 Å². The summed E-state index contributed by atoms with van der Waals surface area (Å²) < 4.78 is 0.751. The van der Waals surface area contributed by atoms with Gasteiger partial charge in [-0.25, -0.2) is 0 Å². The Morgan fingerprint density at radius 3 is 2.41 bits per heavy atom. The Bertz CT molecular complexity index is 814. The summed E-state index contributed by atoms with van der Waals surface area (Å²) in [6, 6.07) is 5.03. The van der Waals surface area contributed by atoms with Gasteiger partial charge in [0.1, 0.15) is 0 Å². The van der Waals surface area contributed by atoms with Crippen molar-refractivity contribution in [2.75, 3.05) is 26.2 Å². The predicted octanol–water partition coefficient (Wildman–Crippen LogP) is 3.31. The van der Waals surface area contributed by atoms with Gasteiger partial charge in [-0.1, -0.05) is 29.8 Å². The van der Waals surface area contributed by atoms with E-state index >= 15 is 0 Å². The third-order valence-electron chi connectivity index (χ3n) is 5.94. The second-order valence-electron chi connectivity index (χ2n) is 9.14. The summed E-state index contributed by atoms with van der Waals surface area (Å²) in [5.41, 5.74) is 0.646. The van der Waals surface area contributed by atoms with Crippen LogP contribution in [0, 0.1) is 11.8 Å². The van der Waals surface area contributed by atoms with Crippen molar-refractivity contribution in [3.05, 3.63) is 33.8 Å². The molecule has 0 aliphatic carbocycles. The number of nitrogens with one attached hydrogen (secondary N) is 1. The summed E-state index contributed by atoms with van der Waals surface area (Å²) in [4.78, 5) is 41.0. The molecule has 0 saturated carbocycles. The number of hydrogen-bond donors (Lipinski definition) is 1. The van der Waals surface area contributed by atoms with Gasteiger partial charge in [-0.05, 0) is 50.3 Å². The Balaban J connectivity index is 1.51. The minimum Gasteiger partial charge on any atom is -0.354 e. The van der Waals surface area contributed by atoms with Crippen LogP contribution in [0.15, 0.2) is 22.7 Å². The van der Waals surface area contributed by atoms with Gasteiger partial charge in [0, 0.05) is 42.6 Å². The molecular formula is C22H30BrN3O3. The van der Waals surface area contributed by atoms with E-state index in [1.807, 2.05) is 0 Å². The Morgan fingerprint density at radius 2 is 1.76 bits per heavy atom. The number of hydrogen-bond acceptors (Lipinski definition) is 4. The minimum absolute atomic E-state index is 0.0913. The molecule has 3 rings (SSSR count). The van der Waals surface area contributed by atoms with Crippen LogP contribution in [0.2, 0.25) is 0 Å². The Morgan fingerprint density at radius 1 is 1.14 bits per heavy atom. The van der Waals surface area contributed by atoms with Crippen LogP contribution in [-0.2, 0) is 4.79 Å². The molecule has 1 saturated heterocycles. The summed E-state index contributed by atoms with van der Waals surface area (Å²) in [5.74, 6) is 0.497. The van der Waals surface area contributed by atoms with E-state index in [4.69, 9.17) is 0 Å². The topological polar surface area (TPSA) is 69.7 Å². The van der Waals surface area contributed by atoms with Gasteiger partial charge in [0.2, 0.25) is 5.91 Å². The molecule has 1 N–H and O–H groups in total. The fourth-order valence-corrected chi connectivity index (χ4v) is 4.71. The molecule has 2 atom stereocenters. The van der Waals surface area contributed by atoms with E-state index < -0.39 is 0 Å². The molecule has 3 amide bonds. The highest BCUT2D eigenvalue weighted by molar-refractivity contribution is 9.10. The molecule has 2 aliphatic rings. The number of imide groups is 1. The summed E-state index contributed by atoms with van der Waals surface area (Å²) in [6.45, 7) is 11.6. The highest BCUT2D eigenvalue weighted by Crippen LogP contribution is 2.27. The molecule has 2 unspecified atom stereocenters. The Kier molecular flexibility index (Phi) is 6.48. The van der Waals surface area contributed by atoms with Crippen molar-refractivity contribution >= 4 is 33.7 Å². The quantitative estimate of drug-likeness (QED) is 0.656. The summed E-state index contributed by atoms with van der Waals surface area (Å²) >= 11 is 3.32. The van der Waals surface area contributed by atoms with E-state index in [0.29, 0.717) is 29.5 Å². The number of carbonyl (C=O) groups is 3. The maximum atomic E-state index is 12.5. The van der Waals surface area contributed by atoms with Crippen molar-refractivity contribution in [2.45, 2.75) is 46.1 Å². The zero-order valence-corrected chi connectivity index (χ0v) is 19.2. The van der Waals surface area contributed by atoms with Crippen LogP contribution in [0.5, 0.6) is 0 Å². The Labute approximate surface area is 181 Å². The van der Waals surface area contributed by atoms with Crippen molar-refractivity contribution in [1.82, 2.24) is 15.1 Å². The van der Waals surface area contributed by atoms with Gasteiger partial charge in [-0.3, -0.25) is 24.2 Å². The maximum absolute atomic E-state index is 12.5. The average molecular weight is 464 g/mol. The first kappa shape index (κ1) is 22.0. The first-order valence-corrected chi connectivity index (χ1v) is 11.1. The number of benzene rings is 1. The molecule has 0 aromatic heterocycles. The van der Waals surface area contributed by atoms with Gasteiger partial charge in [0.15, 0.2) is 0 Å². The van der Waals surface area contributed by atoms with E-state index in [-0.39, 0.29) is 36.2 Å². The molecule has 0 spiro atoms. The van der Waals surface area contributed by atoms with Crippen LogP contribution in [0.3, 0.4) is 0 Å². The molecule has 1 fully saturated rings. The normalized spacial score (nSPS) is 22.7. The lowest BCUT2D eigenvalue weighted by molar-refractivity contribution is -0.121. The molecular weight excluding hydrogens is 434 g/mol. The second-order valence-corrected chi connectivity index (χ2v) is 10.1. The average Bonchev–Trinajstić information content (AvgIpc) is 2.87. The molecule has 0 bridgehead atoms. The van der Waals surface area contributed by atoms with E-state index in [0.717, 1.165) is 22.5 Å². The van der Waals surface area contributed by atoms with E-state index in [9.17, 15) is 14.4 Å². The number of carbonyl (C=O) groups excluding carboxylic acids is 3. The van der Waals surface area contributed by atoms with Gasteiger partial charge in [-0.15, -0.1) is 0 Å². The zero-order chi connectivity index (χ0) is 21.3. The molecule has 0 radical (unpaired) electrons. The minimum atomic E-state index is -0.337. The molecule has 7 heteroatoms. The zero-order valence-electron chi connectivity index (χ0n) is 17.6. The Hall–Kier alpha value is -1.73. The number of likely N-dealkylation sites (tertiary alicyclic amines) is 1. The van der Waals surface area contributed by atoms with Crippen molar-refractivity contribution in [1.29, 1.82) is 0 Å². The number of fused-ring (bicyclic) bond motifs is 1. The standard InChI is InChI=1S/C22H30BrN3O3/c1-14-9-15(2)12-25(11-14)22(3,4)13-24-19(27)7-8-26-20(28)17-6-5-16(23)10-18(17)21(26)29/h5-6,10,14-15H,7-9,11-13H2,1-4H3,(H,24,27). The molecule has 1 aromatic carbocycles. The second kappa shape index (κ2) is 8.56. The van der Waals surface area contributed by atoms with Crippen LogP contribution in [-0.4, -0.2) is 59.2 Å². The lowest BCUT2D eigenvalue weighted by atomic mass is 9.88. The molecule has 29 heavy (non-hydrogen) atoms. The largest absolute Gasteiger partial charge is 0.354 e. The number of amides is 3. The first-order chi connectivity index (χ1) is 13.6. The third-order valence-corrected chi connectivity index (χ3v) is 6.43. The van der Waals surface area contributed by atoms with Gasteiger partial charge < -0.3 is 5.32 Å². The van der Waals surface area contributed by atoms with Crippen LogP contribution in [0.25, 0.3) is 0 Å². The summed E-state index contributed by atoms with van der Waals surface area (Å²) in [7, 11) is 0. The van der Waals surface area contributed by atoms with E-state index in [1.54, 1.807) is 18.2 Å². The predicted molar refractivity (Wildman–Crippen MR) is 116 cm³/mol. The maximum Gasteiger partial charge on any atom is 0.261 e. The van der Waals surface area contributed by atoms with Crippen LogP contribution >= 0.6 is 15.9 Å². The van der Waals surface area contributed by atoms with Gasteiger partial charge in [0.25, 0.3) is 11.8 Å². The fourth-order valence-electron chi connectivity index (χ4n) is 4.35. The van der Waals surface area contributed by atoms with Crippen LogP contribution in [0.4, 0.5) is 0 Å². The molecule has 2 heterocycles. The fraction of sp³-hybridized carbons (Fsp3) is 0.591. The first-order valence-electron chi connectivity index (χ1n) is 10.3. The van der Waals surface area contributed by atoms with Gasteiger partial charge in [-0.2, -0.15) is 0 Å². The van der Waals surface area contributed by atoms with E-state index in [1.165, 1.54) is 6.42 Å². The highest BCUT2D eigenvalue weighted by atomic mass is 79.9. The number of piperidine rings is 1. The van der Waals surface area contributed by atoms with Crippen LogP contribution in [0.1, 0.15) is 61.3 Å². The smallest absolute Gasteiger partial charge is 0.261 e. The summed E-state index contributed by atoms with van der Waals surface area (Å²) in [6.07, 6.45) is 1.35. The summed E-state index contributed by atoms with van der Waals surface area (Å²) in [5, 5.41) is 3.00. The lowest BCUT2D eigenvalue weighted by Gasteiger charge is -2.45. The third kappa shape index (κ3) is 4.89. The van der Waals surface area contributed by atoms with Crippen molar-refractivity contribution in [3.8, 4) is 0 Å². The van der Waals surface area contributed by atoms with Gasteiger partial charge >= 0.3 is 0 Å².